The van der Waals surface area contributed by atoms with Gasteiger partial charge in [0.2, 0.25) is 0 Å². The Bertz CT molecular complexity index is 1510. The predicted octanol–water partition coefficient (Wildman–Crippen LogP) is 6.60. The molecule has 4 nitrogen and oxygen atoms in total. The molecule has 0 radical (unpaired) electrons. The van der Waals surface area contributed by atoms with Crippen molar-refractivity contribution in [1.82, 2.24) is 0 Å². The summed E-state index contributed by atoms with van der Waals surface area (Å²) >= 11 is 0. The molecule has 0 bridgehead atoms. The van der Waals surface area contributed by atoms with Gasteiger partial charge in [0, 0.05) is 23.6 Å². The third-order valence-corrected chi connectivity index (χ3v) is 6.00. The van der Waals surface area contributed by atoms with E-state index in [1.54, 1.807) is 12.4 Å². The Labute approximate surface area is 209 Å². The van der Waals surface area contributed by atoms with Crippen LogP contribution in [0.3, 0.4) is 0 Å². The number of hydrogen-bond donors (Lipinski definition) is 0. The lowest BCUT2D eigenvalue weighted by atomic mass is 10.0. The fourth-order valence-electron chi connectivity index (χ4n) is 4.10. The van der Waals surface area contributed by atoms with Gasteiger partial charge in [-0.3, -0.25) is 19.6 Å². The minimum Gasteiger partial charge on any atom is -0.292 e. The van der Waals surface area contributed by atoms with E-state index in [2.05, 4.69) is 9.98 Å². The Morgan fingerprint density at radius 3 is 1.42 bits per heavy atom. The number of hydrogen-bond acceptors (Lipinski definition) is 4. The SMILES string of the molecule is O=C(CN=Cc1cccc(C=NCC(=O)c2ccc3ccccc3c2)c1)c1ccc2ccccc2c1. The van der Waals surface area contributed by atoms with Gasteiger partial charge in [-0.15, -0.1) is 0 Å². The summed E-state index contributed by atoms with van der Waals surface area (Å²) in [7, 11) is 0. The molecule has 4 heteroatoms. The highest BCUT2D eigenvalue weighted by Crippen LogP contribution is 2.17. The van der Waals surface area contributed by atoms with Crippen molar-refractivity contribution in [3.8, 4) is 0 Å². The number of Topliss-reactive ketones (excluding diaryl/α,β-unsaturated/α-hetero) is 2. The first-order valence-electron chi connectivity index (χ1n) is 11.8. The lowest BCUT2D eigenvalue weighted by Gasteiger charge is -2.02. The van der Waals surface area contributed by atoms with E-state index in [9.17, 15) is 9.59 Å². The van der Waals surface area contributed by atoms with Gasteiger partial charge in [-0.2, -0.15) is 0 Å². The van der Waals surface area contributed by atoms with Crippen LogP contribution >= 0.6 is 0 Å². The molecule has 0 N–H and O–H groups in total. The summed E-state index contributed by atoms with van der Waals surface area (Å²) < 4.78 is 0. The average molecular weight is 469 g/mol. The third-order valence-electron chi connectivity index (χ3n) is 6.00. The number of rotatable bonds is 8. The van der Waals surface area contributed by atoms with Crippen LogP contribution in [0.1, 0.15) is 31.8 Å². The minimum absolute atomic E-state index is 0.0260. The Morgan fingerprint density at radius 2 is 0.944 bits per heavy atom. The molecular weight excluding hydrogens is 444 g/mol. The van der Waals surface area contributed by atoms with Crippen molar-refractivity contribution in [2.75, 3.05) is 13.1 Å². The first kappa shape index (κ1) is 23.1. The molecule has 0 saturated heterocycles. The van der Waals surface area contributed by atoms with Crippen molar-refractivity contribution in [3.63, 3.8) is 0 Å². The minimum atomic E-state index is -0.0260. The zero-order valence-corrected chi connectivity index (χ0v) is 19.7. The number of fused-ring (bicyclic) bond motifs is 2. The van der Waals surface area contributed by atoms with Gasteiger partial charge in [-0.25, -0.2) is 0 Å². The standard InChI is InChI=1S/C32H24N2O2/c35-31(29-14-12-25-8-1-3-10-27(25)17-29)21-33-19-23-6-5-7-24(16-23)20-34-22-32(36)30-15-13-26-9-2-4-11-28(26)18-30/h1-20H,21-22H2. The van der Waals surface area contributed by atoms with Crippen LogP contribution in [0.15, 0.2) is 119 Å². The van der Waals surface area contributed by atoms with E-state index >= 15 is 0 Å². The number of aliphatic imine (C=N–C) groups is 2. The van der Waals surface area contributed by atoms with E-state index in [1.807, 2.05) is 109 Å². The second-order valence-corrected chi connectivity index (χ2v) is 8.58. The smallest absolute Gasteiger partial charge is 0.184 e. The highest BCUT2D eigenvalue weighted by atomic mass is 16.1. The van der Waals surface area contributed by atoms with E-state index in [0.717, 1.165) is 32.7 Å². The maximum absolute atomic E-state index is 12.6. The summed E-state index contributed by atoms with van der Waals surface area (Å²) in [5.41, 5.74) is 3.04. The molecule has 36 heavy (non-hydrogen) atoms. The van der Waals surface area contributed by atoms with Crippen molar-refractivity contribution >= 4 is 45.5 Å². The molecule has 5 rings (SSSR count). The van der Waals surface area contributed by atoms with Crippen LogP contribution in [-0.4, -0.2) is 37.1 Å². The Balaban J connectivity index is 1.19. The van der Waals surface area contributed by atoms with E-state index in [1.165, 1.54) is 0 Å². The van der Waals surface area contributed by atoms with Crippen LogP contribution in [0.2, 0.25) is 0 Å². The summed E-state index contributed by atoms with van der Waals surface area (Å²) in [6.45, 7) is 0.161. The van der Waals surface area contributed by atoms with Crippen LogP contribution in [-0.2, 0) is 0 Å². The van der Waals surface area contributed by atoms with Gasteiger partial charge in [0.1, 0.15) is 13.1 Å². The summed E-state index contributed by atoms with van der Waals surface area (Å²) in [4.78, 5) is 33.8. The van der Waals surface area contributed by atoms with Gasteiger partial charge in [-0.1, -0.05) is 91.0 Å². The lowest BCUT2D eigenvalue weighted by Crippen LogP contribution is -2.04. The van der Waals surface area contributed by atoms with Crippen LogP contribution < -0.4 is 0 Å². The summed E-state index contributed by atoms with van der Waals surface area (Å²) in [6, 6.07) is 35.0. The fourth-order valence-corrected chi connectivity index (χ4v) is 4.10. The Hall–Kier alpha value is -4.70. The molecule has 0 saturated carbocycles. The molecule has 5 aromatic rings. The van der Waals surface area contributed by atoms with Gasteiger partial charge >= 0.3 is 0 Å². The van der Waals surface area contributed by atoms with Crippen LogP contribution in [0.5, 0.6) is 0 Å². The van der Waals surface area contributed by atoms with E-state index < -0.39 is 0 Å². The summed E-state index contributed by atoms with van der Waals surface area (Å²) in [5, 5.41) is 4.29. The first-order valence-corrected chi connectivity index (χ1v) is 11.8. The molecule has 0 aliphatic carbocycles. The van der Waals surface area contributed by atoms with E-state index in [0.29, 0.717) is 11.1 Å². The number of nitrogens with zero attached hydrogens (tertiary/aromatic N) is 2. The van der Waals surface area contributed by atoms with Crippen molar-refractivity contribution in [2.24, 2.45) is 9.98 Å². The molecular formula is C32H24N2O2. The first-order chi connectivity index (χ1) is 17.7. The normalized spacial score (nSPS) is 11.6. The van der Waals surface area contributed by atoms with Crippen LogP contribution in [0, 0.1) is 0 Å². The second-order valence-electron chi connectivity index (χ2n) is 8.58. The fraction of sp³-hybridized carbons (Fsp3) is 0.0625. The Morgan fingerprint density at radius 1 is 0.500 bits per heavy atom. The molecule has 0 atom stereocenters. The summed E-state index contributed by atoms with van der Waals surface area (Å²) in [6.07, 6.45) is 3.38. The molecule has 0 unspecified atom stereocenters. The zero-order chi connectivity index (χ0) is 24.7. The number of benzene rings is 5. The maximum atomic E-state index is 12.6. The maximum Gasteiger partial charge on any atom is 0.184 e. The molecule has 0 aliphatic heterocycles. The van der Waals surface area contributed by atoms with E-state index in [4.69, 9.17) is 0 Å². The monoisotopic (exact) mass is 468 g/mol. The molecule has 174 valence electrons. The van der Waals surface area contributed by atoms with Crippen molar-refractivity contribution in [3.05, 3.63) is 131 Å². The van der Waals surface area contributed by atoms with E-state index in [-0.39, 0.29) is 24.7 Å². The number of carbonyl (C=O) groups excluding carboxylic acids is 2. The largest absolute Gasteiger partial charge is 0.292 e. The lowest BCUT2D eigenvalue weighted by molar-refractivity contribution is 0.0994. The highest BCUT2D eigenvalue weighted by molar-refractivity contribution is 6.03. The molecule has 0 spiro atoms. The van der Waals surface area contributed by atoms with Crippen molar-refractivity contribution in [2.45, 2.75) is 0 Å². The predicted molar refractivity (Wildman–Crippen MR) is 148 cm³/mol. The number of ketones is 2. The van der Waals surface area contributed by atoms with Gasteiger partial charge in [0.15, 0.2) is 11.6 Å². The highest BCUT2D eigenvalue weighted by Gasteiger charge is 2.06. The molecule has 0 fully saturated rings. The second kappa shape index (κ2) is 10.7. The summed E-state index contributed by atoms with van der Waals surface area (Å²) in [5.74, 6) is -0.0520. The molecule has 5 aromatic carbocycles. The van der Waals surface area contributed by atoms with Crippen molar-refractivity contribution in [1.29, 1.82) is 0 Å². The van der Waals surface area contributed by atoms with Crippen LogP contribution in [0.25, 0.3) is 21.5 Å². The zero-order valence-electron chi connectivity index (χ0n) is 19.7. The van der Waals surface area contributed by atoms with Gasteiger partial charge in [-0.05, 0) is 50.9 Å². The third kappa shape index (κ3) is 5.50. The Kier molecular flexibility index (Phi) is 6.86. The topological polar surface area (TPSA) is 58.9 Å². The van der Waals surface area contributed by atoms with Crippen LogP contribution in [0.4, 0.5) is 0 Å². The van der Waals surface area contributed by atoms with Gasteiger partial charge < -0.3 is 0 Å². The van der Waals surface area contributed by atoms with Gasteiger partial charge in [0.05, 0.1) is 0 Å². The quantitative estimate of drug-likeness (QED) is 0.190. The average Bonchev–Trinajstić information content (AvgIpc) is 2.92. The van der Waals surface area contributed by atoms with Gasteiger partial charge in [0.25, 0.3) is 0 Å². The number of carbonyl (C=O) groups is 2. The molecule has 0 aliphatic rings. The molecule has 0 amide bonds. The van der Waals surface area contributed by atoms with Crippen molar-refractivity contribution < 1.29 is 9.59 Å². The molecule has 0 heterocycles. The molecule has 0 aromatic heterocycles.